The molecule has 2 aromatic rings. The Morgan fingerprint density at radius 2 is 1.83 bits per heavy atom. The maximum atomic E-state index is 6.04. The average molecular weight is 332 g/mol. The molecular weight excluding hydrogens is 310 g/mol. The molecule has 122 valence electrons. The third-order valence-corrected chi connectivity index (χ3v) is 3.81. The number of halogens is 1. The lowest BCUT2D eigenvalue weighted by atomic mass is 10.0. The molecule has 3 N–H and O–H groups in total. The summed E-state index contributed by atoms with van der Waals surface area (Å²) in [4.78, 5) is 0. The molecule has 2 rings (SSSR count). The van der Waals surface area contributed by atoms with Crippen molar-refractivity contribution < 1.29 is 0 Å². The molecule has 0 unspecified atom stereocenters. The molecule has 0 bridgehead atoms. The summed E-state index contributed by atoms with van der Waals surface area (Å²) >= 11 is 5.99. The lowest BCUT2D eigenvalue weighted by molar-refractivity contribution is 0.288. The van der Waals surface area contributed by atoms with Crippen LogP contribution in [-0.4, -0.2) is 31.5 Å². The number of para-hydroxylation sites is 1. The van der Waals surface area contributed by atoms with E-state index in [1.807, 2.05) is 67.5 Å². The summed E-state index contributed by atoms with van der Waals surface area (Å²) in [5.74, 6) is 6.04. The zero-order chi connectivity index (χ0) is 16.8. The van der Waals surface area contributed by atoms with Gasteiger partial charge in [0.05, 0.1) is 11.4 Å². The summed E-state index contributed by atoms with van der Waals surface area (Å²) in [6, 6.07) is 15.6. The van der Waals surface area contributed by atoms with Gasteiger partial charge in [-0.3, -0.25) is 10.9 Å². The van der Waals surface area contributed by atoms with Crippen LogP contribution in [0.25, 0.3) is 0 Å². The molecule has 0 aliphatic heterocycles. The van der Waals surface area contributed by atoms with E-state index in [0.29, 0.717) is 11.6 Å². The Labute approximate surface area is 142 Å². The summed E-state index contributed by atoms with van der Waals surface area (Å²) in [7, 11) is 3.71. The second-order valence-electron chi connectivity index (χ2n) is 4.99. The highest BCUT2D eigenvalue weighted by molar-refractivity contribution is 6.30. The number of hydrogen-bond donors (Lipinski definition) is 2. The minimum atomic E-state index is 0.696. The van der Waals surface area contributed by atoms with Gasteiger partial charge in [0.2, 0.25) is 0 Å². The number of anilines is 1. The van der Waals surface area contributed by atoms with Crippen LogP contribution in [0.5, 0.6) is 0 Å². The van der Waals surface area contributed by atoms with Gasteiger partial charge in [-0.25, -0.2) is 0 Å². The minimum absolute atomic E-state index is 0.696. The Bertz CT molecular complexity index is 669. The van der Waals surface area contributed by atoms with Gasteiger partial charge in [0.1, 0.15) is 0 Å². The summed E-state index contributed by atoms with van der Waals surface area (Å²) < 4.78 is 0. The van der Waals surface area contributed by atoms with Crippen molar-refractivity contribution in [2.45, 2.75) is 6.92 Å². The molecule has 0 atom stereocenters. The maximum absolute atomic E-state index is 6.04. The van der Waals surface area contributed by atoms with Gasteiger partial charge in [-0.05, 0) is 25.1 Å². The first-order valence-corrected chi connectivity index (χ1v) is 7.82. The zero-order valence-corrected chi connectivity index (χ0v) is 14.4. The normalized spacial score (nSPS) is 11.7. The lowest BCUT2D eigenvalue weighted by Gasteiger charge is -2.30. The molecule has 2 aromatic carbocycles. The molecule has 0 aromatic heterocycles. The SMILES string of the molecule is CCN(N)N(C)c1ccccc1/C(=N\NC)c1ccc(Cl)cc1. The number of nitrogens with two attached hydrogens (primary N) is 1. The van der Waals surface area contributed by atoms with Crippen molar-refractivity contribution in [3.8, 4) is 0 Å². The van der Waals surface area contributed by atoms with Crippen molar-refractivity contribution in [3.63, 3.8) is 0 Å². The first-order valence-electron chi connectivity index (χ1n) is 7.44. The second kappa shape index (κ2) is 7.97. The third kappa shape index (κ3) is 4.01. The van der Waals surface area contributed by atoms with Crippen LogP contribution in [0.3, 0.4) is 0 Å². The summed E-state index contributed by atoms with van der Waals surface area (Å²) in [5.41, 5.74) is 6.64. The molecule has 0 saturated carbocycles. The quantitative estimate of drug-likeness (QED) is 0.485. The summed E-state index contributed by atoms with van der Waals surface area (Å²) in [6.07, 6.45) is 0. The zero-order valence-electron chi connectivity index (χ0n) is 13.6. The smallest absolute Gasteiger partial charge is 0.0994 e. The van der Waals surface area contributed by atoms with E-state index in [1.54, 1.807) is 12.2 Å². The van der Waals surface area contributed by atoms with Gasteiger partial charge in [-0.15, -0.1) is 0 Å². The van der Waals surface area contributed by atoms with E-state index >= 15 is 0 Å². The van der Waals surface area contributed by atoms with Crippen molar-refractivity contribution >= 4 is 23.0 Å². The van der Waals surface area contributed by atoms with E-state index in [9.17, 15) is 0 Å². The number of hydrazine groups is 2. The van der Waals surface area contributed by atoms with Gasteiger partial charge in [0.15, 0.2) is 0 Å². The predicted octanol–water partition coefficient (Wildman–Crippen LogP) is 2.86. The molecule has 0 heterocycles. The monoisotopic (exact) mass is 331 g/mol. The van der Waals surface area contributed by atoms with E-state index in [4.69, 9.17) is 17.4 Å². The van der Waals surface area contributed by atoms with E-state index in [2.05, 4.69) is 10.5 Å². The van der Waals surface area contributed by atoms with Crippen LogP contribution in [0, 0.1) is 0 Å². The van der Waals surface area contributed by atoms with E-state index < -0.39 is 0 Å². The van der Waals surface area contributed by atoms with Gasteiger partial charge in [0, 0.05) is 36.8 Å². The van der Waals surface area contributed by atoms with Gasteiger partial charge < -0.3 is 5.43 Å². The van der Waals surface area contributed by atoms with E-state index in [1.165, 1.54) is 0 Å². The molecule has 0 spiro atoms. The molecule has 0 saturated heterocycles. The number of rotatable bonds is 6. The van der Waals surface area contributed by atoms with Gasteiger partial charge >= 0.3 is 0 Å². The van der Waals surface area contributed by atoms with Gasteiger partial charge in [-0.2, -0.15) is 10.2 Å². The largest absolute Gasteiger partial charge is 0.313 e. The highest BCUT2D eigenvalue weighted by Gasteiger charge is 2.16. The molecule has 5 nitrogen and oxygen atoms in total. The fourth-order valence-corrected chi connectivity index (χ4v) is 2.43. The standard InChI is InChI=1S/C17H22ClN5/c1-4-23(19)22(3)16-8-6-5-7-15(16)17(21-20-2)13-9-11-14(18)12-10-13/h5-12,20H,4,19H2,1-3H3/b21-17-. The highest BCUT2D eigenvalue weighted by Crippen LogP contribution is 2.24. The third-order valence-electron chi connectivity index (χ3n) is 3.56. The Kier molecular flexibility index (Phi) is 5.98. The van der Waals surface area contributed by atoms with Crippen LogP contribution in [0.15, 0.2) is 53.6 Å². The Balaban J connectivity index is 2.53. The number of nitrogens with one attached hydrogen (secondary N) is 1. The molecule has 0 radical (unpaired) electrons. The number of nitrogens with zero attached hydrogens (tertiary/aromatic N) is 3. The Morgan fingerprint density at radius 3 is 2.43 bits per heavy atom. The molecule has 0 aliphatic carbocycles. The van der Waals surface area contributed by atoms with E-state index in [0.717, 1.165) is 22.5 Å². The first-order chi connectivity index (χ1) is 11.1. The van der Waals surface area contributed by atoms with Crippen LogP contribution < -0.4 is 16.3 Å². The van der Waals surface area contributed by atoms with Gasteiger partial charge in [-0.1, -0.05) is 41.9 Å². The van der Waals surface area contributed by atoms with Crippen LogP contribution in [0.1, 0.15) is 18.1 Å². The number of benzene rings is 2. The molecule has 23 heavy (non-hydrogen) atoms. The van der Waals surface area contributed by atoms with Crippen molar-refractivity contribution in [3.05, 3.63) is 64.7 Å². The number of hydrazone groups is 1. The van der Waals surface area contributed by atoms with Crippen molar-refractivity contribution in [2.24, 2.45) is 10.9 Å². The topological polar surface area (TPSA) is 56.9 Å². The summed E-state index contributed by atoms with van der Waals surface area (Å²) in [5, 5.41) is 8.72. The fraction of sp³-hybridized carbons (Fsp3) is 0.235. The molecule has 0 amide bonds. The van der Waals surface area contributed by atoms with Crippen molar-refractivity contribution in [1.29, 1.82) is 0 Å². The maximum Gasteiger partial charge on any atom is 0.0994 e. The average Bonchev–Trinajstić information content (AvgIpc) is 2.59. The highest BCUT2D eigenvalue weighted by atomic mass is 35.5. The van der Waals surface area contributed by atoms with Crippen LogP contribution in [0.4, 0.5) is 5.69 Å². The lowest BCUT2D eigenvalue weighted by Crippen LogP contribution is -2.45. The molecular formula is C17H22ClN5. The van der Waals surface area contributed by atoms with E-state index in [-0.39, 0.29) is 0 Å². The Hall–Kier alpha value is -2.08. The van der Waals surface area contributed by atoms with Crippen molar-refractivity contribution in [2.75, 3.05) is 25.6 Å². The predicted molar refractivity (Wildman–Crippen MR) is 97.6 cm³/mol. The summed E-state index contributed by atoms with van der Waals surface area (Å²) in [6.45, 7) is 2.70. The van der Waals surface area contributed by atoms with Gasteiger partial charge in [0.25, 0.3) is 0 Å². The molecule has 0 fully saturated rings. The van der Waals surface area contributed by atoms with Crippen LogP contribution in [-0.2, 0) is 0 Å². The molecule has 6 heteroatoms. The Morgan fingerprint density at radius 1 is 1.17 bits per heavy atom. The van der Waals surface area contributed by atoms with Crippen molar-refractivity contribution in [1.82, 2.24) is 10.5 Å². The fourth-order valence-electron chi connectivity index (χ4n) is 2.31. The first kappa shape index (κ1) is 17.3. The number of hydrogen-bond acceptors (Lipinski definition) is 5. The van der Waals surface area contributed by atoms with Crippen LogP contribution in [0.2, 0.25) is 5.02 Å². The second-order valence-corrected chi connectivity index (χ2v) is 5.42. The molecule has 0 aliphatic rings. The minimum Gasteiger partial charge on any atom is -0.313 e. The van der Waals surface area contributed by atoms with Crippen LogP contribution >= 0.6 is 11.6 Å².